The molecule has 0 aliphatic heterocycles. The van der Waals surface area contributed by atoms with Gasteiger partial charge in [0.1, 0.15) is 22.8 Å². The average Bonchev–Trinajstić information content (AvgIpc) is 2.74. The summed E-state index contributed by atoms with van der Waals surface area (Å²) in [4.78, 5) is 24.9. The van der Waals surface area contributed by atoms with E-state index < -0.39 is 5.63 Å². The van der Waals surface area contributed by atoms with Crippen LogP contribution in [0.25, 0.3) is 11.0 Å². The summed E-state index contributed by atoms with van der Waals surface area (Å²) in [7, 11) is 4.67. The Hall–Kier alpha value is -3.48. The van der Waals surface area contributed by atoms with Crippen LogP contribution < -0.4 is 25.2 Å². The largest absolute Gasteiger partial charge is 0.497 e. The van der Waals surface area contributed by atoms with Crippen LogP contribution in [0.3, 0.4) is 0 Å². The number of methoxy groups -OCH3 is 3. The van der Waals surface area contributed by atoms with Gasteiger partial charge >= 0.3 is 5.63 Å². The molecule has 1 heterocycles. The topological polar surface area (TPSA) is 87.0 Å². The van der Waals surface area contributed by atoms with Crippen molar-refractivity contribution in [3.8, 4) is 17.2 Å². The Morgan fingerprint density at radius 2 is 1.69 bits per heavy atom. The maximum Gasteiger partial charge on any atom is 0.340 e. The number of carbonyl (C=O) groups is 1. The number of ether oxygens (including phenoxy) is 3. The van der Waals surface area contributed by atoms with E-state index in [1.54, 1.807) is 52.5 Å². The van der Waals surface area contributed by atoms with E-state index in [0.29, 0.717) is 28.4 Å². The van der Waals surface area contributed by atoms with Crippen molar-refractivity contribution in [3.05, 3.63) is 63.5 Å². The normalized spacial score (nSPS) is 10.6. The van der Waals surface area contributed by atoms with Crippen LogP contribution in [-0.4, -0.2) is 27.2 Å². The molecule has 0 unspecified atom stereocenters. The number of rotatable bonds is 7. The van der Waals surface area contributed by atoms with E-state index in [9.17, 15) is 9.59 Å². The maximum absolute atomic E-state index is 12.5. The summed E-state index contributed by atoms with van der Waals surface area (Å²) >= 11 is 0. The summed E-state index contributed by atoms with van der Waals surface area (Å²) in [5.41, 5.74) is 1.76. The third kappa shape index (κ3) is 4.34. The Morgan fingerprint density at radius 1 is 1.00 bits per heavy atom. The Labute approximate surface area is 168 Å². The van der Waals surface area contributed by atoms with Gasteiger partial charge in [0.25, 0.3) is 0 Å². The van der Waals surface area contributed by atoms with Crippen LogP contribution in [0.15, 0.2) is 45.6 Å². The first-order valence-corrected chi connectivity index (χ1v) is 9.04. The second-order valence-corrected chi connectivity index (χ2v) is 6.49. The first-order valence-electron chi connectivity index (χ1n) is 9.04. The van der Waals surface area contributed by atoms with E-state index in [4.69, 9.17) is 18.6 Å². The molecule has 0 radical (unpaired) electrons. The van der Waals surface area contributed by atoms with Gasteiger partial charge in [-0.2, -0.15) is 0 Å². The van der Waals surface area contributed by atoms with Crippen LogP contribution in [0.1, 0.15) is 16.7 Å². The van der Waals surface area contributed by atoms with Gasteiger partial charge < -0.3 is 23.9 Å². The fraction of sp³-hybridized carbons (Fsp3) is 0.273. The number of benzene rings is 2. The minimum Gasteiger partial charge on any atom is -0.497 e. The van der Waals surface area contributed by atoms with Gasteiger partial charge in [-0.1, -0.05) is 0 Å². The Morgan fingerprint density at radius 3 is 2.38 bits per heavy atom. The second kappa shape index (κ2) is 8.68. The van der Waals surface area contributed by atoms with Crippen molar-refractivity contribution in [3.63, 3.8) is 0 Å². The van der Waals surface area contributed by atoms with Crippen molar-refractivity contribution in [2.45, 2.75) is 19.9 Å². The third-order valence-corrected chi connectivity index (χ3v) is 4.80. The second-order valence-electron chi connectivity index (χ2n) is 6.49. The zero-order chi connectivity index (χ0) is 21.0. The number of aryl methyl sites for hydroxylation is 1. The Bertz CT molecular complexity index is 1100. The highest BCUT2D eigenvalue weighted by Crippen LogP contribution is 2.25. The lowest BCUT2D eigenvalue weighted by Crippen LogP contribution is -2.27. The number of nitrogens with one attached hydrogen (secondary N) is 1. The molecule has 0 aliphatic rings. The van der Waals surface area contributed by atoms with E-state index in [-0.39, 0.29) is 18.9 Å². The molecule has 1 N–H and O–H groups in total. The fourth-order valence-corrected chi connectivity index (χ4v) is 3.12. The quantitative estimate of drug-likeness (QED) is 0.617. The molecule has 3 aromatic rings. The molecule has 3 rings (SSSR count). The summed E-state index contributed by atoms with van der Waals surface area (Å²) < 4.78 is 21.1. The smallest absolute Gasteiger partial charge is 0.340 e. The molecule has 152 valence electrons. The van der Waals surface area contributed by atoms with Crippen LogP contribution in [-0.2, 0) is 17.8 Å². The van der Waals surface area contributed by atoms with Gasteiger partial charge in [0.2, 0.25) is 5.91 Å². The van der Waals surface area contributed by atoms with Crippen molar-refractivity contribution >= 4 is 16.9 Å². The van der Waals surface area contributed by atoms with E-state index in [1.807, 2.05) is 12.1 Å². The third-order valence-electron chi connectivity index (χ3n) is 4.80. The number of hydrogen-bond acceptors (Lipinski definition) is 6. The van der Waals surface area contributed by atoms with Crippen molar-refractivity contribution in [1.29, 1.82) is 0 Å². The van der Waals surface area contributed by atoms with Crippen LogP contribution >= 0.6 is 0 Å². The van der Waals surface area contributed by atoms with Crippen LogP contribution in [0.2, 0.25) is 0 Å². The highest BCUT2D eigenvalue weighted by Gasteiger charge is 2.16. The number of hydrogen-bond donors (Lipinski definition) is 1. The molecule has 2 aromatic carbocycles. The van der Waals surface area contributed by atoms with Gasteiger partial charge in [-0.25, -0.2) is 4.79 Å². The summed E-state index contributed by atoms with van der Waals surface area (Å²) in [6.07, 6.45) is -0.0748. The molecule has 1 aromatic heterocycles. The fourth-order valence-electron chi connectivity index (χ4n) is 3.12. The predicted octanol–water partition coefficient (Wildman–Crippen LogP) is 2.99. The van der Waals surface area contributed by atoms with Gasteiger partial charge in [0, 0.05) is 29.6 Å². The Balaban J connectivity index is 1.77. The standard InChI is InChI=1S/C22H23NO6/c1-13-17-8-7-16(27-3)10-20(17)29-22(25)18(13)11-21(24)23-12-14-5-6-15(26-2)9-19(14)28-4/h5-10H,11-12H2,1-4H3,(H,23,24). The highest BCUT2D eigenvalue weighted by atomic mass is 16.5. The molecule has 7 heteroatoms. The summed E-state index contributed by atoms with van der Waals surface area (Å²) in [5, 5.41) is 3.59. The van der Waals surface area contributed by atoms with Gasteiger partial charge in [-0.15, -0.1) is 0 Å². The zero-order valence-corrected chi connectivity index (χ0v) is 16.8. The molecular formula is C22H23NO6. The first-order chi connectivity index (χ1) is 14.0. The van der Waals surface area contributed by atoms with E-state index in [0.717, 1.165) is 16.5 Å². The van der Waals surface area contributed by atoms with E-state index in [2.05, 4.69) is 5.32 Å². The molecule has 29 heavy (non-hydrogen) atoms. The number of fused-ring (bicyclic) bond motifs is 1. The van der Waals surface area contributed by atoms with E-state index >= 15 is 0 Å². The van der Waals surface area contributed by atoms with Crippen molar-refractivity contribution in [2.75, 3.05) is 21.3 Å². The van der Waals surface area contributed by atoms with Gasteiger partial charge in [-0.05, 0) is 36.8 Å². The van der Waals surface area contributed by atoms with Crippen LogP contribution in [0, 0.1) is 6.92 Å². The highest BCUT2D eigenvalue weighted by molar-refractivity contribution is 5.85. The van der Waals surface area contributed by atoms with Crippen LogP contribution in [0.5, 0.6) is 17.2 Å². The lowest BCUT2D eigenvalue weighted by atomic mass is 10.0. The lowest BCUT2D eigenvalue weighted by Gasteiger charge is -2.12. The molecular weight excluding hydrogens is 374 g/mol. The summed E-state index contributed by atoms with van der Waals surface area (Å²) in [6.45, 7) is 2.07. The van der Waals surface area contributed by atoms with E-state index in [1.165, 1.54) is 0 Å². The maximum atomic E-state index is 12.5. The van der Waals surface area contributed by atoms with Gasteiger partial charge in [-0.3, -0.25) is 4.79 Å². The first kappa shape index (κ1) is 20.3. The summed E-state index contributed by atoms with van der Waals surface area (Å²) in [5.74, 6) is 1.59. The summed E-state index contributed by atoms with van der Waals surface area (Å²) in [6, 6.07) is 10.6. The lowest BCUT2D eigenvalue weighted by molar-refractivity contribution is -0.120. The molecule has 0 aliphatic carbocycles. The molecule has 0 saturated heterocycles. The zero-order valence-electron chi connectivity index (χ0n) is 16.8. The van der Waals surface area contributed by atoms with Gasteiger partial charge in [0.05, 0.1) is 33.3 Å². The molecule has 0 saturated carbocycles. The molecule has 0 fully saturated rings. The van der Waals surface area contributed by atoms with Crippen molar-refractivity contribution in [1.82, 2.24) is 5.32 Å². The molecule has 0 bridgehead atoms. The van der Waals surface area contributed by atoms with Crippen LogP contribution in [0.4, 0.5) is 0 Å². The monoisotopic (exact) mass is 397 g/mol. The molecule has 0 atom stereocenters. The number of carbonyl (C=O) groups excluding carboxylic acids is 1. The SMILES string of the molecule is COc1ccc(CNC(=O)Cc2c(C)c3ccc(OC)cc3oc2=O)c(OC)c1. The Kier molecular flexibility index (Phi) is 6.07. The molecule has 7 nitrogen and oxygen atoms in total. The molecule has 0 spiro atoms. The number of amides is 1. The van der Waals surface area contributed by atoms with Crippen molar-refractivity contribution < 1.29 is 23.4 Å². The average molecular weight is 397 g/mol. The minimum absolute atomic E-state index is 0.0748. The molecule has 1 amide bonds. The van der Waals surface area contributed by atoms with Crippen molar-refractivity contribution in [2.24, 2.45) is 0 Å². The minimum atomic E-state index is -0.527. The van der Waals surface area contributed by atoms with Gasteiger partial charge in [0.15, 0.2) is 0 Å². The predicted molar refractivity (Wildman–Crippen MR) is 109 cm³/mol.